The van der Waals surface area contributed by atoms with Crippen LogP contribution in [0.25, 0.3) is 0 Å². The van der Waals surface area contributed by atoms with E-state index in [0.717, 1.165) is 11.8 Å². The number of nitrogens with one attached hydrogen (secondary N) is 4. The van der Waals surface area contributed by atoms with E-state index < -0.39 is 12.2 Å². The van der Waals surface area contributed by atoms with E-state index in [2.05, 4.69) is 21.3 Å². The molecule has 12 heteroatoms. The lowest BCUT2D eigenvalue weighted by Gasteiger charge is -2.16. The molecule has 1 aromatic carbocycles. The van der Waals surface area contributed by atoms with Crippen molar-refractivity contribution in [2.45, 2.75) is 18.7 Å². The predicted octanol–water partition coefficient (Wildman–Crippen LogP) is 3.15. The van der Waals surface area contributed by atoms with Gasteiger partial charge < -0.3 is 20.1 Å². The monoisotopic (exact) mass is 427 g/mol. The van der Waals surface area contributed by atoms with Gasteiger partial charge in [0.15, 0.2) is 10.2 Å². The predicted molar refractivity (Wildman–Crippen MR) is 111 cm³/mol. The van der Waals surface area contributed by atoms with Crippen LogP contribution in [-0.2, 0) is 9.47 Å². The minimum atomic E-state index is -0.702. The first-order chi connectivity index (χ1) is 12.9. The van der Waals surface area contributed by atoms with Crippen molar-refractivity contribution >= 4 is 70.0 Å². The van der Waals surface area contributed by atoms with Crippen LogP contribution in [0.5, 0.6) is 0 Å². The van der Waals surface area contributed by atoms with Crippen LogP contribution >= 0.6 is 36.2 Å². The highest BCUT2D eigenvalue weighted by atomic mass is 32.2. The fourth-order valence-corrected chi connectivity index (χ4v) is 2.48. The van der Waals surface area contributed by atoms with E-state index in [9.17, 15) is 9.59 Å². The molecule has 0 fully saturated rings. The Morgan fingerprint density at radius 3 is 2.04 bits per heavy atom. The Morgan fingerprint density at radius 1 is 1.04 bits per heavy atom. The molecule has 2 amide bonds. The summed E-state index contributed by atoms with van der Waals surface area (Å²) in [5.41, 5.74) is 0.872. The number of carbonyl (C=O) groups is 2. The molecule has 0 heterocycles. The number of nitriles is 1. The smallest absolute Gasteiger partial charge is 0.413 e. The van der Waals surface area contributed by atoms with Crippen LogP contribution in [0.3, 0.4) is 0 Å². The van der Waals surface area contributed by atoms with E-state index in [1.807, 2.05) is 5.40 Å². The summed E-state index contributed by atoms with van der Waals surface area (Å²) in [5.74, 6) is 0. The SMILES string of the molecule is CCOC(=O)NC(=S)Nc1ccc(SC#N)cc1NC(=S)NC(=O)OCC. The summed E-state index contributed by atoms with van der Waals surface area (Å²) in [6.45, 7) is 3.73. The van der Waals surface area contributed by atoms with E-state index in [-0.39, 0.29) is 23.4 Å². The molecule has 4 N–H and O–H groups in total. The number of thiocarbonyl (C=S) groups is 2. The number of alkyl carbamates (subject to hydrolysis) is 2. The van der Waals surface area contributed by atoms with Crippen LogP contribution in [0.15, 0.2) is 23.1 Å². The van der Waals surface area contributed by atoms with Crippen LogP contribution in [0.2, 0.25) is 0 Å². The lowest BCUT2D eigenvalue weighted by Crippen LogP contribution is -2.36. The van der Waals surface area contributed by atoms with Gasteiger partial charge in [-0.05, 0) is 68.2 Å². The topological polar surface area (TPSA) is 125 Å². The number of hydrogen-bond acceptors (Lipinski definition) is 8. The summed E-state index contributed by atoms with van der Waals surface area (Å²) in [5, 5.41) is 21.1. The second kappa shape index (κ2) is 11.9. The fourth-order valence-electron chi connectivity index (χ4n) is 1.68. The number of hydrogen-bond donors (Lipinski definition) is 4. The zero-order chi connectivity index (χ0) is 20.2. The molecule has 144 valence electrons. The third kappa shape index (κ3) is 8.54. The average molecular weight is 428 g/mol. The molecule has 1 rings (SSSR count). The van der Waals surface area contributed by atoms with E-state index in [0.29, 0.717) is 16.3 Å². The Bertz CT molecular complexity index is 766. The molecule has 0 spiro atoms. The summed E-state index contributed by atoms with van der Waals surface area (Å²) < 4.78 is 9.50. The van der Waals surface area contributed by atoms with Gasteiger partial charge in [-0.2, -0.15) is 5.26 Å². The quantitative estimate of drug-likeness (QED) is 0.316. The van der Waals surface area contributed by atoms with E-state index in [1.54, 1.807) is 32.0 Å². The standard InChI is InChI=1S/C15H17N5O4S3/c1-3-23-14(21)19-12(25)17-10-6-5-9(27-8-16)7-11(10)18-13(26)20-15(22)24-4-2/h5-7H,3-4H2,1-2H3,(H2,17,19,21,25)(H2,18,20,22,26). The van der Waals surface area contributed by atoms with E-state index in [1.165, 1.54) is 0 Å². The molecule has 0 saturated carbocycles. The molecule has 0 bridgehead atoms. The Kier molecular flexibility index (Phi) is 9.88. The van der Waals surface area contributed by atoms with Crippen molar-refractivity contribution in [2.75, 3.05) is 23.8 Å². The average Bonchev–Trinajstić information content (AvgIpc) is 2.57. The number of amides is 2. The maximum atomic E-state index is 11.5. The van der Waals surface area contributed by atoms with Crippen molar-refractivity contribution in [1.82, 2.24) is 10.6 Å². The fraction of sp³-hybridized carbons (Fsp3) is 0.267. The highest BCUT2D eigenvalue weighted by Gasteiger charge is 2.12. The van der Waals surface area contributed by atoms with Crippen molar-refractivity contribution in [3.05, 3.63) is 18.2 Å². The zero-order valence-corrected chi connectivity index (χ0v) is 16.9. The number of thioether (sulfide) groups is 1. The van der Waals surface area contributed by atoms with Crippen molar-refractivity contribution in [2.24, 2.45) is 0 Å². The van der Waals surface area contributed by atoms with Gasteiger partial charge >= 0.3 is 12.2 Å². The summed E-state index contributed by atoms with van der Waals surface area (Å²) in [6, 6.07) is 4.94. The van der Waals surface area contributed by atoms with Crippen LogP contribution in [0.1, 0.15) is 13.8 Å². The molecule has 0 aliphatic carbocycles. The van der Waals surface area contributed by atoms with Crippen LogP contribution < -0.4 is 21.3 Å². The highest BCUT2D eigenvalue weighted by Crippen LogP contribution is 2.28. The molecule has 0 atom stereocenters. The molecular weight excluding hydrogens is 410 g/mol. The normalized spacial score (nSPS) is 9.37. The molecule has 0 radical (unpaired) electrons. The maximum absolute atomic E-state index is 11.5. The number of benzene rings is 1. The summed E-state index contributed by atoms with van der Waals surface area (Å²) in [7, 11) is 0. The second-order valence-electron chi connectivity index (χ2n) is 4.50. The summed E-state index contributed by atoms with van der Waals surface area (Å²) in [4.78, 5) is 23.5. The third-order valence-electron chi connectivity index (χ3n) is 2.63. The van der Waals surface area contributed by atoms with Crippen LogP contribution in [0, 0.1) is 10.7 Å². The number of thiocyanates is 1. The maximum Gasteiger partial charge on any atom is 0.413 e. The molecule has 0 unspecified atom stereocenters. The minimum Gasteiger partial charge on any atom is -0.450 e. The Labute approximate surface area is 171 Å². The van der Waals surface area contributed by atoms with Gasteiger partial charge in [0.25, 0.3) is 0 Å². The first-order valence-corrected chi connectivity index (χ1v) is 9.22. The molecule has 9 nitrogen and oxygen atoms in total. The van der Waals surface area contributed by atoms with Gasteiger partial charge in [0.05, 0.1) is 24.6 Å². The van der Waals surface area contributed by atoms with Gasteiger partial charge in [0.1, 0.15) is 5.40 Å². The zero-order valence-electron chi connectivity index (χ0n) is 14.5. The van der Waals surface area contributed by atoms with Crippen molar-refractivity contribution < 1.29 is 19.1 Å². The Balaban J connectivity index is 2.91. The van der Waals surface area contributed by atoms with E-state index in [4.69, 9.17) is 39.2 Å². The number of rotatable bonds is 5. The Morgan fingerprint density at radius 2 is 1.56 bits per heavy atom. The van der Waals surface area contributed by atoms with Gasteiger partial charge in [0.2, 0.25) is 0 Å². The molecule has 0 aliphatic rings. The molecular formula is C15H17N5O4S3. The van der Waals surface area contributed by atoms with Crippen molar-refractivity contribution in [3.8, 4) is 5.40 Å². The lowest BCUT2D eigenvalue weighted by molar-refractivity contribution is 0.157. The lowest BCUT2D eigenvalue weighted by atomic mass is 10.2. The Hall–Kier alpha value is -2.62. The molecule has 0 saturated heterocycles. The van der Waals surface area contributed by atoms with Crippen LogP contribution in [-0.4, -0.2) is 35.6 Å². The second-order valence-corrected chi connectivity index (χ2v) is 6.17. The van der Waals surface area contributed by atoms with Crippen LogP contribution in [0.4, 0.5) is 21.0 Å². The van der Waals surface area contributed by atoms with Crippen molar-refractivity contribution in [3.63, 3.8) is 0 Å². The van der Waals surface area contributed by atoms with Gasteiger partial charge in [-0.3, -0.25) is 10.6 Å². The van der Waals surface area contributed by atoms with Gasteiger partial charge in [0, 0.05) is 4.90 Å². The number of carbonyl (C=O) groups excluding carboxylic acids is 2. The van der Waals surface area contributed by atoms with Gasteiger partial charge in [-0.15, -0.1) is 0 Å². The third-order valence-corrected chi connectivity index (χ3v) is 3.62. The number of ether oxygens (including phenoxy) is 2. The largest absolute Gasteiger partial charge is 0.450 e. The minimum absolute atomic E-state index is 0.00135. The number of nitrogens with zero attached hydrogens (tertiary/aromatic N) is 1. The first kappa shape index (κ1) is 22.4. The molecule has 1 aromatic rings. The summed E-state index contributed by atoms with van der Waals surface area (Å²) >= 11 is 11.1. The van der Waals surface area contributed by atoms with Gasteiger partial charge in [-0.25, -0.2) is 9.59 Å². The van der Waals surface area contributed by atoms with E-state index >= 15 is 0 Å². The van der Waals surface area contributed by atoms with Crippen molar-refractivity contribution in [1.29, 1.82) is 5.26 Å². The molecule has 0 aliphatic heterocycles. The van der Waals surface area contributed by atoms with Gasteiger partial charge in [-0.1, -0.05) is 0 Å². The first-order valence-electron chi connectivity index (χ1n) is 7.59. The highest BCUT2D eigenvalue weighted by molar-refractivity contribution is 8.03. The summed E-state index contributed by atoms with van der Waals surface area (Å²) in [6.07, 6.45) is -1.40. The molecule has 0 aromatic heterocycles. The number of anilines is 2. The molecule has 27 heavy (non-hydrogen) atoms.